The summed E-state index contributed by atoms with van der Waals surface area (Å²) < 4.78 is 10.5. The van der Waals surface area contributed by atoms with Crippen LogP contribution in [0.4, 0.5) is 5.69 Å². The second-order valence-corrected chi connectivity index (χ2v) is 8.56. The lowest BCUT2D eigenvalue weighted by atomic mass is 9.65. The first-order valence-electron chi connectivity index (χ1n) is 9.55. The number of nitrogens with zero attached hydrogens (tertiary/aromatic N) is 1. The summed E-state index contributed by atoms with van der Waals surface area (Å²) in [5.74, 6) is -0.0355. The molecule has 0 fully saturated rings. The molecule has 0 aliphatic carbocycles. The van der Waals surface area contributed by atoms with E-state index in [0.717, 1.165) is 22.7 Å². The summed E-state index contributed by atoms with van der Waals surface area (Å²) in [7, 11) is 1.62. The smallest absolute Gasteiger partial charge is 0.253 e. The van der Waals surface area contributed by atoms with Crippen molar-refractivity contribution in [3.05, 3.63) is 64.7 Å². The van der Waals surface area contributed by atoms with Crippen LogP contribution in [0.15, 0.2) is 48.5 Å². The first kappa shape index (κ1) is 20.8. The van der Waals surface area contributed by atoms with Crippen LogP contribution in [-0.2, 0) is 19.7 Å². The molecule has 4 nitrogen and oxygen atoms in total. The zero-order valence-electron chi connectivity index (χ0n) is 17.0. The van der Waals surface area contributed by atoms with Crippen LogP contribution in [0.25, 0.3) is 0 Å². The van der Waals surface area contributed by atoms with Crippen LogP contribution in [0.1, 0.15) is 38.3 Å². The molecule has 2 aromatic carbocycles. The van der Waals surface area contributed by atoms with Crippen molar-refractivity contribution in [3.8, 4) is 0 Å². The van der Waals surface area contributed by atoms with E-state index in [0.29, 0.717) is 13.2 Å². The molecule has 0 unspecified atom stereocenters. The maximum absolute atomic E-state index is 13.1. The van der Waals surface area contributed by atoms with Crippen LogP contribution in [0.2, 0.25) is 5.02 Å². The van der Waals surface area contributed by atoms with E-state index in [9.17, 15) is 4.79 Å². The Bertz CT molecular complexity index is 834. The third kappa shape index (κ3) is 3.95. The van der Waals surface area contributed by atoms with E-state index in [2.05, 4.69) is 39.0 Å². The molecule has 28 heavy (non-hydrogen) atoms. The molecule has 0 bridgehead atoms. The maximum atomic E-state index is 13.1. The number of benzene rings is 2. The van der Waals surface area contributed by atoms with Gasteiger partial charge in [-0.2, -0.15) is 0 Å². The standard InChI is InChI=1S/C23H28ClNO3/c1-22(2)16-23(3,17-9-11-18(24)12-10-17)19-7-5-6-8-20(19)25(22)21(26)15-28-14-13-27-4/h5-12H,13-16H2,1-4H3/t23-/m0/s1. The highest BCUT2D eigenvalue weighted by Crippen LogP contribution is 2.50. The van der Waals surface area contributed by atoms with Gasteiger partial charge in [-0.1, -0.05) is 48.9 Å². The number of fused-ring (bicyclic) bond motifs is 1. The van der Waals surface area contributed by atoms with Gasteiger partial charge in [-0.05, 0) is 49.6 Å². The molecule has 0 aromatic heterocycles. The number of halogens is 1. The van der Waals surface area contributed by atoms with Crippen molar-refractivity contribution in [2.75, 3.05) is 31.8 Å². The Morgan fingerprint density at radius 1 is 1.07 bits per heavy atom. The molecule has 1 aliphatic rings. The first-order chi connectivity index (χ1) is 13.3. The van der Waals surface area contributed by atoms with Crippen molar-refractivity contribution in [3.63, 3.8) is 0 Å². The van der Waals surface area contributed by atoms with Crippen molar-refractivity contribution in [2.45, 2.75) is 38.1 Å². The third-order valence-electron chi connectivity index (χ3n) is 5.52. The fourth-order valence-electron chi connectivity index (χ4n) is 4.41. The van der Waals surface area contributed by atoms with Crippen molar-refractivity contribution < 1.29 is 14.3 Å². The Hall–Kier alpha value is -1.88. The van der Waals surface area contributed by atoms with Crippen LogP contribution in [0, 0.1) is 0 Å². The summed E-state index contributed by atoms with van der Waals surface area (Å²) >= 11 is 6.11. The number of hydrogen-bond donors (Lipinski definition) is 0. The number of ether oxygens (including phenoxy) is 2. The highest BCUT2D eigenvalue weighted by atomic mass is 35.5. The van der Waals surface area contributed by atoms with Gasteiger partial charge in [0.05, 0.1) is 13.2 Å². The molecule has 2 aromatic rings. The molecule has 1 atom stereocenters. The Morgan fingerprint density at radius 2 is 1.75 bits per heavy atom. The van der Waals surface area contributed by atoms with Gasteiger partial charge in [0.25, 0.3) is 5.91 Å². The van der Waals surface area contributed by atoms with Crippen molar-refractivity contribution in [2.24, 2.45) is 0 Å². The Labute approximate surface area is 172 Å². The largest absolute Gasteiger partial charge is 0.382 e. The van der Waals surface area contributed by atoms with Crippen molar-refractivity contribution in [1.82, 2.24) is 0 Å². The van der Waals surface area contributed by atoms with E-state index in [4.69, 9.17) is 21.1 Å². The quantitative estimate of drug-likeness (QED) is 0.651. The third-order valence-corrected chi connectivity index (χ3v) is 5.77. The van der Waals surface area contributed by atoms with Gasteiger partial charge in [0.2, 0.25) is 0 Å². The lowest BCUT2D eigenvalue weighted by Gasteiger charge is -2.51. The minimum atomic E-state index is -0.371. The molecule has 150 valence electrons. The summed E-state index contributed by atoms with van der Waals surface area (Å²) in [6, 6.07) is 16.2. The SMILES string of the molecule is COCCOCC(=O)N1c2ccccc2[C@](C)(c2ccc(Cl)cc2)CC1(C)C. The first-order valence-corrected chi connectivity index (χ1v) is 9.93. The molecule has 5 heteroatoms. The Morgan fingerprint density at radius 3 is 2.43 bits per heavy atom. The monoisotopic (exact) mass is 401 g/mol. The predicted octanol–water partition coefficient (Wildman–Crippen LogP) is 4.82. The highest BCUT2D eigenvalue weighted by Gasteiger charge is 2.47. The van der Waals surface area contributed by atoms with Gasteiger partial charge in [-0.25, -0.2) is 0 Å². The van der Waals surface area contributed by atoms with Crippen molar-refractivity contribution in [1.29, 1.82) is 0 Å². The van der Waals surface area contributed by atoms with Crippen molar-refractivity contribution >= 4 is 23.2 Å². The van der Waals surface area contributed by atoms with Crippen LogP contribution in [0.5, 0.6) is 0 Å². The number of amides is 1. The number of carbonyl (C=O) groups excluding carboxylic acids is 1. The summed E-state index contributed by atoms with van der Waals surface area (Å²) in [6.07, 6.45) is 0.794. The van der Waals surface area contributed by atoms with Gasteiger partial charge in [-0.3, -0.25) is 4.79 Å². The molecule has 0 saturated heterocycles. The summed E-state index contributed by atoms with van der Waals surface area (Å²) in [5.41, 5.74) is 2.68. The Kier molecular flexibility index (Phi) is 6.13. The number of anilines is 1. The molecule has 0 radical (unpaired) electrons. The van der Waals surface area contributed by atoms with E-state index >= 15 is 0 Å². The van der Waals surface area contributed by atoms with E-state index in [1.165, 1.54) is 5.56 Å². The van der Waals surface area contributed by atoms with Gasteiger partial charge < -0.3 is 14.4 Å². The van der Waals surface area contributed by atoms with Crippen LogP contribution >= 0.6 is 11.6 Å². The highest BCUT2D eigenvalue weighted by molar-refractivity contribution is 6.30. The van der Waals surface area contributed by atoms with Crippen LogP contribution < -0.4 is 4.90 Å². The topological polar surface area (TPSA) is 38.8 Å². The number of hydrogen-bond acceptors (Lipinski definition) is 3. The number of para-hydroxylation sites is 1. The fraction of sp³-hybridized carbons (Fsp3) is 0.435. The van der Waals surface area contributed by atoms with Crippen LogP contribution in [-0.4, -0.2) is 38.4 Å². The number of rotatable bonds is 6. The molecule has 0 spiro atoms. The van der Waals surface area contributed by atoms with E-state index in [1.54, 1.807) is 7.11 Å². The van der Waals surface area contributed by atoms with Gasteiger partial charge in [0.15, 0.2) is 0 Å². The average molecular weight is 402 g/mol. The van der Waals surface area contributed by atoms with Gasteiger partial charge in [0.1, 0.15) is 6.61 Å². The van der Waals surface area contributed by atoms with Gasteiger partial charge in [-0.15, -0.1) is 0 Å². The second kappa shape index (κ2) is 8.24. The normalized spacial score (nSPS) is 20.7. The van der Waals surface area contributed by atoms with Gasteiger partial charge in [0, 0.05) is 28.8 Å². The van der Waals surface area contributed by atoms with Gasteiger partial charge >= 0.3 is 0 Å². The zero-order valence-corrected chi connectivity index (χ0v) is 17.8. The lowest BCUT2D eigenvalue weighted by molar-refractivity contribution is -0.124. The summed E-state index contributed by atoms with van der Waals surface area (Å²) in [5, 5.41) is 0.723. The minimum absolute atomic E-state index is 0.0355. The van der Waals surface area contributed by atoms with E-state index in [1.807, 2.05) is 35.2 Å². The molecule has 1 aliphatic heterocycles. The second-order valence-electron chi connectivity index (χ2n) is 8.12. The predicted molar refractivity (Wildman–Crippen MR) is 113 cm³/mol. The molecule has 1 amide bonds. The molecule has 3 rings (SSSR count). The number of carbonyl (C=O) groups is 1. The maximum Gasteiger partial charge on any atom is 0.253 e. The molecular formula is C23H28ClNO3. The Balaban J connectivity index is 2.00. The fourth-order valence-corrected chi connectivity index (χ4v) is 4.54. The summed E-state index contributed by atoms with van der Waals surface area (Å²) in [4.78, 5) is 15.0. The minimum Gasteiger partial charge on any atom is -0.382 e. The van der Waals surface area contributed by atoms with E-state index < -0.39 is 0 Å². The molecule has 0 N–H and O–H groups in total. The lowest BCUT2D eigenvalue weighted by Crippen LogP contribution is -2.56. The summed E-state index contributed by atoms with van der Waals surface area (Å²) in [6.45, 7) is 7.39. The molecular weight excluding hydrogens is 374 g/mol. The average Bonchev–Trinajstić information content (AvgIpc) is 2.65. The van der Waals surface area contributed by atoms with Crippen LogP contribution in [0.3, 0.4) is 0 Å². The zero-order chi connectivity index (χ0) is 20.4. The molecule has 0 saturated carbocycles. The van der Waals surface area contributed by atoms with E-state index in [-0.39, 0.29) is 23.5 Å². The number of methoxy groups -OCH3 is 1. The molecule has 1 heterocycles.